The van der Waals surface area contributed by atoms with Gasteiger partial charge in [0.1, 0.15) is 6.04 Å². The zero-order valence-electron chi connectivity index (χ0n) is 20.7. The highest BCUT2D eigenvalue weighted by molar-refractivity contribution is 7.89. The Morgan fingerprint density at radius 3 is 2.39 bits per heavy atom. The molecule has 1 heterocycles. The fraction of sp³-hybridized carbons (Fsp3) is 0.462. The quantitative estimate of drug-likeness (QED) is 0.434. The normalized spacial score (nSPS) is 16.5. The monoisotopic (exact) mass is 535 g/mol. The predicted octanol–water partition coefficient (Wildman–Crippen LogP) is 3.28. The van der Waals surface area contributed by atoms with Crippen LogP contribution in [0.5, 0.6) is 0 Å². The molecule has 2 aromatic carbocycles. The molecule has 3 rings (SSSR count). The van der Waals surface area contributed by atoms with Gasteiger partial charge in [-0.2, -0.15) is 0 Å². The van der Waals surface area contributed by atoms with E-state index in [2.05, 4.69) is 10.0 Å². The first kappa shape index (κ1) is 28.1. The number of rotatable bonds is 12. The van der Waals surface area contributed by atoms with Crippen LogP contribution < -0.4 is 10.0 Å². The van der Waals surface area contributed by atoms with Gasteiger partial charge in [0.05, 0.1) is 11.0 Å². The van der Waals surface area contributed by atoms with Crippen molar-refractivity contribution in [2.24, 2.45) is 0 Å². The summed E-state index contributed by atoms with van der Waals surface area (Å²) in [6.07, 6.45) is 2.51. The Bertz CT molecular complexity index is 1120. The molecule has 1 aliphatic heterocycles. The highest BCUT2D eigenvalue weighted by Gasteiger charge is 2.27. The highest BCUT2D eigenvalue weighted by atomic mass is 35.5. The summed E-state index contributed by atoms with van der Waals surface area (Å²) in [4.78, 5) is 27.9. The van der Waals surface area contributed by atoms with E-state index in [0.29, 0.717) is 31.1 Å². The summed E-state index contributed by atoms with van der Waals surface area (Å²) in [6, 6.07) is 13.0. The molecule has 36 heavy (non-hydrogen) atoms. The van der Waals surface area contributed by atoms with Crippen LogP contribution in [-0.4, -0.2) is 57.0 Å². The van der Waals surface area contributed by atoms with Gasteiger partial charge in [0.15, 0.2) is 0 Å². The minimum atomic E-state index is -3.53. The molecule has 0 aromatic heterocycles. The van der Waals surface area contributed by atoms with Gasteiger partial charge in [-0.1, -0.05) is 42.8 Å². The number of carbonyl (C=O) groups excluding carboxylic acids is 2. The molecule has 0 unspecified atom stereocenters. The predicted molar refractivity (Wildman–Crippen MR) is 139 cm³/mol. The Hall–Kier alpha value is -2.46. The van der Waals surface area contributed by atoms with Crippen LogP contribution in [-0.2, 0) is 37.3 Å². The number of halogens is 1. The third kappa shape index (κ3) is 8.03. The Morgan fingerprint density at radius 2 is 1.78 bits per heavy atom. The molecule has 2 amide bonds. The molecule has 0 saturated carbocycles. The summed E-state index contributed by atoms with van der Waals surface area (Å²) in [5, 5.41) is 3.51. The molecule has 1 fully saturated rings. The number of hydrogen-bond acceptors (Lipinski definition) is 5. The van der Waals surface area contributed by atoms with Crippen LogP contribution >= 0.6 is 11.6 Å². The van der Waals surface area contributed by atoms with E-state index >= 15 is 0 Å². The standard InChI is InChI=1S/C26H34ClN3O5S/c1-3-29-36(33,34)24-13-8-20(9-14-24)10-15-25(31)30(18-21-6-11-22(27)12-7-21)19(2)26(32)28-17-23-5-4-16-35-23/h6-9,11-14,19,23,29H,3-5,10,15-18H2,1-2H3,(H,28,32)/t19-,23+/m0/s1. The maximum Gasteiger partial charge on any atom is 0.242 e. The van der Waals surface area contributed by atoms with Crippen molar-refractivity contribution in [3.63, 3.8) is 0 Å². The summed E-state index contributed by atoms with van der Waals surface area (Å²) in [5.74, 6) is -0.403. The van der Waals surface area contributed by atoms with Crippen molar-refractivity contribution in [1.82, 2.24) is 14.9 Å². The number of aryl methyl sites for hydroxylation is 1. The van der Waals surface area contributed by atoms with Gasteiger partial charge >= 0.3 is 0 Å². The van der Waals surface area contributed by atoms with Crippen LogP contribution in [0.1, 0.15) is 44.2 Å². The zero-order valence-corrected chi connectivity index (χ0v) is 22.3. The van der Waals surface area contributed by atoms with Gasteiger partial charge < -0.3 is 15.0 Å². The number of carbonyl (C=O) groups is 2. The lowest BCUT2D eigenvalue weighted by Gasteiger charge is -2.29. The van der Waals surface area contributed by atoms with Crippen LogP contribution in [0.25, 0.3) is 0 Å². The van der Waals surface area contributed by atoms with Gasteiger partial charge in [-0.25, -0.2) is 13.1 Å². The van der Waals surface area contributed by atoms with E-state index < -0.39 is 16.1 Å². The highest BCUT2D eigenvalue weighted by Crippen LogP contribution is 2.17. The fourth-order valence-electron chi connectivity index (χ4n) is 4.04. The third-order valence-corrected chi connectivity index (χ3v) is 7.97. The Morgan fingerprint density at radius 1 is 1.11 bits per heavy atom. The van der Waals surface area contributed by atoms with Crippen LogP contribution in [0, 0.1) is 0 Å². The molecule has 1 saturated heterocycles. The summed E-state index contributed by atoms with van der Waals surface area (Å²) in [7, 11) is -3.53. The molecular weight excluding hydrogens is 502 g/mol. The van der Waals surface area contributed by atoms with E-state index in [-0.39, 0.29) is 35.8 Å². The summed E-state index contributed by atoms with van der Waals surface area (Å²) < 4.78 is 32.3. The number of sulfonamides is 1. The third-order valence-electron chi connectivity index (χ3n) is 6.16. The van der Waals surface area contributed by atoms with Gasteiger partial charge in [-0.3, -0.25) is 9.59 Å². The summed E-state index contributed by atoms with van der Waals surface area (Å²) in [6.45, 7) is 5.15. The lowest BCUT2D eigenvalue weighted by Crippen LogP contribution is -2.49. The number of ether oxygens (including phenoxy) is 1. The van der Waals surface area contributed by atoms with E-state index in [1.165, 1.54) is 12.1 Å². The minimum Gasteiger partial charge on any atom is -0.376 e. The molecule has 2 atom stereocenters. The van der Waals surface area contributed by atoms with E-state index in [4.69, 9.17) is 16.3 Å². The molecule has 196 valence electrons. The SMILES string of the molecule is CCNS(=O)(=O)c1ccc(CCC(=O)N(Cc2ccc(Cl)cc2)[C@@H](C)C(=O)NC[C@H]2CCCO2)cc1. The van der Waals surface area contributed by atoms with E-state index in [0.717, 1.165) is 24.0 Å². The minimum absolute atomic E-state index is 0.0147. The second kappa shape index (κ2) is 13.2. The average molecular weight is 536 g/mol. The Labute approximate surface area is 218 Å². The maximum absolute atomic E-state index is 13.3. The lowest BCUT2D eigenvalue weighted by atomic mass is 10.1. The molecule has 0 aliphatic carbocycles. The van der Waals surface area contributed by atoms with Crippen molar-refractivity contribution in [2.45, 2.75) is 63.1 Å². The number of benzene rings is 2. The van der Waals surface area contributed by atoms with Crippen molar-refractivity contribution >= 4 is 33.4 Å². The maximum atomic E-state index is 13.3. The molecule has 2 N–H and O–H groups in total. The smallest absolute Gasteiger partial charge is 0.242 e. The van der Waals surface area contributed by atoms with Gasteiger partial charge in [-0.15, -0.1) is 0 Å². The largest absolute Gasteiger partial charge is 0.376 e. The summed E-state index contributed by atoms with van der Waals surface area (Å²) >= 11 is 6.00. The first-order valence-electron chi connectivity index (χ1n) is 12.2. The number of hydrogen-bond donors (Lipinski definition) is 2. The molecule has 0 spiro atoms. The topological polar surface area (TPSA) is 105 Å². The first-order chi connectivity index (χ1) is 17.2. The van der Waals surface area contributed by atoms with Crippen molar-refractivity contribution in [3.8, 4) is 0 Å². The van der Waals surface area contributed by atoms with Gasteiger partial charge in [0.2, 0.25) is 21.8 Å². The number of nitrogens with zero attached hydrogens (tertiary/aromatic N) is 1. The van der Waals surface area contributed by atoms with E-state index in [1.807, 2.05) is 12.1 Å². The summed E-state index contributed by atoms with van der Waals surface area (Å²) in [5.41, 5.74) is 1.70. The first-order valence-corrected chi connectivity index (χ1v) is 14.1. The van der Waals surface area contributed by atoms with Crippen LogP contribution in [0.2, 0.25) is 5.02 Å². The zero-order chi connectivity index (χ0) is 26.1. The molecule has 2 aromatic rings. The van der Waals surface area contributed by atoms with Gasteiger partial charge in [0, 0.05) is 37.7 Å². The van der Waals surface area contributed by atoms with Crippen molar-refractivity contribution < 1.29 is 22.7 Å². The number of amides is 2. The molecule has 0 bridgehead atoms. The van der Waals surface area contributed by atoms with Crippen molar-refractivity contribution in [3.05, 3.63) is 64.7 Å². The average Bonchev–Trinajstić information content (AvgIpc) is 3.39. The van der Waals surface area contributed by atoms with Crippen molar-refractivity contribution in [1.29, 1.82) is 0 Å². The molecular formula is C26H34ClN3O5S. The fourth-order valence-corrected chi connectivity index (χ4v) is 5.21. The van der Waals surface area contributed by atoms with E-state index in [1.54, 1.807) is 43.0 Å². The molecule has 8 nitrogen and oxygen atoms in total. The molecule has 1 aliphatic rings. The number of nitrogens with one attached hydrogen (secondary N) is 2. The van der Waals surface area contributed by atoms with E-state index in [9.17, 15) is 18.0 Å². The second-order valence-electron chi connectivity index (χ2n) is 8.85. The van der Waals surface area contributed by atoms with Crippen molar-refractivity contribution in [2.75, 3.05) is 19.7 Å². The van der Waals surface area contributed by atoms with Crippen LogP contribution in [0.3, 0.4) is 0 Å². The van der Waals surface area contributed by atoms with Crippen LogP contribution in [0.4, 0.5) is 0 Å². The Balaban J connectivity index is 1.66. The van der Waals surface area contributed by atoms with Gasteiger partial charge in [-0.05, 0) is 61.6 Å². The molecule has 10 heteroatoms. The molecule has 0 radical (unpaired) electrons. The Kier molecular flexibility index (Phi) is 10.3. The lowest BCUT2D eigenvalue weighted by molar-refractivity contribution is -0.140. The second-order valence-corrected chi connectivity index (χ2v) is 11.1. The van der Waals surface area contributed by atoms with Gasteiger partial charge in [0.25, 0.3) is 0 Å². The van der Waals surface area contributed by atoms with Crippen LogP contribution in [0.15, 0.2) is 53.4 Å².